The van der Waals surface area contributed by atoms with Gasteiger partial charge in [0, 0.05) is 5.56 Å². The summed E-state index contributed by atoms with van der Waals surface area (Å²) >= 11 is 9.18. The van der Waals surface area contributed by atoms with Gasteiger partial charge in [-0.3, -0.25) is 0 Å². The Balaban J connectivity index is 2.37. The quantitative estimate of drug-likeness (QED) is 0.500. The number of halogens is 4. The zero-order chi connectivity index (χ0) is 14.0. The molecular weight excluding hydrogens is 334 g/mol. The minimum atomic E-state index is -0.700. The van der Waals surface area contributed by atoms with Crippen LogP contribution >= 0.6 is 27.5 Å². The molecule has 0 nitrogen and oxygen atoms in total. The number of hydrogen-bond acceptors (Lipinski definition) is 0. The van der Waals surface area contributed by atoms with Gasteiger partial charge in [0.25, 0.3) is 0 Å². The zero-order valence-electron chi connectivity index (χ0n) is 10.3. The molecule has 2 rings (SSSR count). The molecule has 2 aromatic carbocycles. The molecule has 0 amide bonds. The van der Waals surface area contributed by atoms with Crippen LogP contribution in [0.5, 0.6) is 0 Å². The Kier molecular flexibility index (Phi) is 4.58. The first-order valence-electron chi connectivity index (χ1n) is 5.90. The van der Waals surface area contributed by atoms with Gasteiger partial charge in [0.1, 0.15) is 11.6 Å². The lowest BCUT2D eigenvalue weighted by molar-refractivity contribution is 0.582. The monoisotopic (exact) mass is 344 g/mol. The maximum atomic E-state index is 13.8. The van der Waals surface area contributed by atoms with Crippen LogP contribution in [0.15, 0.2) is 40.9 Å². The van der Waals surface area contributed by atoms with E-state index in [2.05, 4.69) is 22.9 Å². The predicted octanol–water partition coefficient (Wildman–Crippen LogP) is 5.62. The van der Waals surface area contributed by atoms with Crippen molar-refractivity contribution < 1.29 is 8.78 Å². The molecule has 19 heavy (non-hydrogen) atoms. The van der Waals surface area contributed by atoms with Crippen molar-refractivity contribution in [1.82, 2.24) is 0 Å². The summed E-state index contributed by atoms with van der Waals surface area (Å²) in [6, 6.07) is 9.80. The van der Waals surface area contributed by atoms with Gasteiger partial charge in [-0.05, 0) is 45.6 Å². The molecule has 0 aromatic heterocycles. The van der Waals surface area contributed by atoms with Crippen molar-refractivity contribution in [1.29, 1.82) is 0 Å². The van der Waals surface area contributed by atoms with E-state index in [1.165, 1.54) is 5.56 Å². The molecule has 0 saturated heterocycles. The molecule has 100 valence electrons. The first-order valence-corrected chi connectivity index (χ1v) is 7.13. The molecule has 4 heteroatoms. The van der Waals surface area contributed by atoms with Crippen LogP contribution in [-0.4, -0.2) is 0 Å². The van der Waals surface area contributed by atoms with Crippen molar-refractivity contribution in [3.8, 4) is 0 Å². The molecule has 0 N–H and O–H groups in total. The van der Waals surface area contributed by atoms with E-state index in [-0.39, 0.29) is 10.0 Å². The van der Waals surface area contributed by atoms with Crippen LogP contribution < -0.4 is 0 Å². The molecule has 0 bridgehead atoms. The molecule has 0 aliphatic carbocycles. The number of aryl methyl sites for hydroxylation is 1. The van der Waals surface area contributed by atoms with E-state index in [1.54, 1.807) is 0 Å². The molecule has 0 radical (unpaired) electrons. The third kappa shape index (κ3) is 3.15. The Hall–Kier alpha value is -0.930. The van der Waals surface area contributed by atoms with Crippen LogP contribution in [0.2, 0.25) is 0 Å². The lowest BCUT2D eigenvalue weighted by atomic mass is 10.0. The number of hydrogen-bond donors (Lipinski definition) is 0. The average Bonchev–Trinajstić information content (AvgIpc) is 2.42. The Morgan fingerprint density at radius 3 is 2.32 bits per heavy atom. The summed E-state index contributed by atoms with van der Waals surface area (Å²) in [7, 11) is 0. The summed E-state index contributed by atoms with van der Waals surface area (Å²) in [6.45, 7) is 2.05. The molecule has 0 saturated carbocycles. The van der Waals surface area contributed by atoms with Crippen molar-refractivity contribution in [3.63, 3.8) is 0 Å². The second kappa shape index (κ2) is 6.02. The summed E-state index contributed by atoms with van der Waals surface area (Å²) < 4.78 is 27.4. The van der Waals surface area contributed by atoms with Gasteiger partial charge in [-0.25, -0.2) is 8.78 Å². The van der Waals surface area contributed by atoms with E-state index in [9.17, 15) is 8.78 Å². The lowest BCUT2D eigenvalue weighted by Gasteiger charge is -2.12. The molecule has 1 unspecified atom stereocenters. The second-order valence-electron chi connectivity index (χ2n) is 4.25. The van der Waals surface area contributed by atoms with Gasteiger partial charge in [-0.1, -0.05) is 31.2 Å². The highest BCUT2D eigenvalue weighted by atomic mass is 79.9. The Labute approximate surface area is 124 Å². The number of rotatable bonds is 3. The van der Waals surface area contributed by atoms with Crippen molar-refractivity contribution in [3.05, 3.63) is 69.2 Å². The summed E-state index contributed by atoms with van der Waals surface area (Å²) in [5.74, 6) is -1.04. The van der Waals surface area contributed by atoms with E-state index in [1.807, 2.05) is 24.3 Å². The highest BCUT2D eigenvalue weighted by Crippen LogP contribution is 2.33. The summed E-state index contributed by atoms with van der Waals surface area (Å²) in [5, 5.41) is -0.700. The van der Waals surface area contributed by atoms with Crippen LogP contribution in [0.1, 0.15) is 29.0 Å². The van der Waals surface area contributed by atoms with Crippen molar-refractivity contribution in [2.24, 2.45) is 0 Å². The van der Waals surface area contributed by atoms with Crippen LogP contribution in [-0.2, 0) is 6.42 Å². The van der Waals surface area contributed by atoms with Crippen LogP contribution in [0, 0.1) is 11.6 Å². The van der Waals surface area contributed by atoms with Gasteiger partial charge < -0.3 is 0 Å². The number of alkyl halides is 1. The first-order chi connectivity index (χ1) is 9.02. The van der Waals surface area contributed by atoms with Gasteiger partial charge in [-0.15, -0.1) is 11.6 Å². The predicted molar refractivity (Wildman–Crippen MR) is 77.6 cm³/mol. The van der Waals surface area contributed by atoms with E-state index in [0.717, 1.165) is 24.1 Å². The maximum Gasteiger partial charge on any atom is 0.137 e. The van der Waals surface area contributed by atoms with Gasteiger partial charge in [0.05, 0.1) is 9.85 Å². The largest absolute Gasteiger partial charge is 0.207 e. The Morgan fingerprint density at radius 2 is 1.74 bits per heavy atom. The number of benzene rings is 2. The molecule has 0 fully saturated rings. The van der Waals surface area contributed by atoms with Gasteiger partial charge >= 0.3 is 0 Å². The first kappa shape index (κ1) is 14.5. The van der Waals surface area contributed by atoms with Crippen molar-refractivity contribution in [2.75, 3.05) is 0 Å². The third-order valence-corrected chi connectivity index (χ3v) is 4.09. The fourth-order valence-electron chi connectivity index (χ4n) is 1.83. The van der Waals surface area contributed by atoms with Crippen LogP contribution in [0.25, 0.3) is 0 Å². The highest BCUT2D eigenvalue weighted by molar-refractivity contribution is 9.10. The highest BCUT2D eigenvalue weighted by Gasteiger charge is 2.17. The maximum absolute atomic E-state index is 13.8. The van der Waals surface area contributed by atoms with E-state index in [4.69, 9.17) is 11.6 Å². The normalized spacial score (nSPS) is 12.5. The van der Waals surface area contributed by atoms with Gasteiger partial charge in [0.2, 0.25) is 0 Å². The lowest BCUT2D eigenvalue weighted by Crippen LogP contribution is -1.99. The van der Waals surface area contributed by atoms with Crippen molar-refractivity contribution in [2.45, 2.75) is 18.7 Å². The summed E-state index contributed by atoms with van der Waals surface area (Å²) in [5.41, 5.74) is 2.07. The SMILES string of the molecule is CCc1ccc(C(Cl)c2cc(F)c(Br)cc2F)cc1. The van der Waals surface area contributed by atoms with E-state index < -0.39 is 17.0 Å². The van der Waals surface area contributed by atoms with Gasteiger partial charge in [-0.2, -0.15) is 0 Å². The Morgan fingerprint density at radius 1 is 1.11 bits per heavy atom. The summed E-state index contributed by atoms with van der Waals surface area (Å²) in [4.78, 5) is 0. The van der Waals surface area contributed by atoms with Crippen LogP contribution in [0.3, 0.4) is 0 Å². The standard InChI is InChI=1S/C15H12BrClF2/c1-2-9-3-5-10(6-4-9)15(17)11-7-14(19)12(16)8-13(11)18/h3-8,15H,2H2,1H3. The molecular formula is C15H12BrClF2. The van der Waals surface area contributed by atoms with Crippen LogP contribution in [0.4, 0.5) is 8.78 Å². The smallest absolute Gasteiger partial charge is 0.137 e. The Bertz CT molecular complexity index is 581. The fraction of sp³-hybridized carbons (Fsp3) is 0.200. The van der Waals surface area contributed by atoms with E-state index >= 15 is 0 Å². The molecule has 0 heterocycles. The van der Waals surface area contributed by atoms with Gasteiger partial charge in [0.15, 0.2) is 0 Å². The minimum Gasteiger partial charge on any atom is -0.207 e. The topological polar surface area (TPSA) is 0 Å². The summed E-state index contributed by atoms with van der Waals surface area (Å²) in [6.07, 6.45) is 0.925. The van der Waals surface area contributed by atoms with E-state index in [0.29, 0.717) is 0 Å². The average molecular weight is 346 g/mol. The molecule has 0 spiro atoms. The molecule has 2 aromatic rings. The minimum absolute atomic E-state index is 0.0962. The second-order valence-corrected chi connectivity index (χ2v) is 5.54. The fourth-order valence-corrected chi connectivity index (χ4v) is 2.46. The molecule has 0 aliphatic rings. The third-order valence-electron chi connectivity index (χ3n) is 2.99. The molecule has 0 aliphatic heterocycles. The molecule has 1 atom stereocenters. The van der Waals surface area contributed by atoms with Crippen molar-refractivity contribution >= 4 is 27.5 Å². The zero-order valence-corrected chi connectivity index (χ0v) is 12.6.